The molecular formula is C13H19N3O3. The number of hydrogen-bond donors (Lipinski definition) is 1. The number of piperidine rings is 1. The van der Waals surface area contributed by atoms with Gasteiger partial charge in [0.15, 0.2) is 0 Å². The number of amides is 1. The van der Waals surface area contributed by atoms with E-state index in [9.17, 15) is 9.59 Å². The van der Waals surface area contributed by atoms with Crippen molar-refractivity contribution in [2.45, 2.75) is 32.7 Å². The minimum absolute atomic E-state index is 0.0537. The SMILES string of the molecule is Cc1c(C(=O)N2CCC(C(=O)O)CC2C)cnn1C. The van der Waals surface area contributed by atoms with Gasteiger partial charge in [-0.3, -0.25) is 14.3 Å². The highest BCUT2D eigenvalue weighted by molar-refractivity contribution is 5.95. The molecule has 0 bridgehead atoms. The highest BCUT2D eigenvalue weighted by Gasteiger charge is 2.33. The minimum Gasteiger partial charge on any atom is -0.481 e. The lowest BCUT2D eigenvalue weighted by atomic mass is 9.91. The number of hydrogen-bond acceptors (Lipinski definition) is 3. The van der Waals surface area contributed by atoms with E-state index in [1.807, 2.05) is 13.8 Å². The second-order valence-electron chi connectivity index (χ2n) is 5.17. The molecule has 0 aliphatic carbocycles. The Balaban J connectivity index is 2.13. The number of likely N-dealkylation sites (tertiary alicyclic amines) is 1. The van der Waals surface area contributed by atoms with Crippen molar-refractivity contribution in [1.29, 1.82) is 0 Å². The first kappa shape index (κ1) is 13.6. The second kappa shape index (κ2) is 5.03. The molecule has 2 atom stereocenters. The van der Waals surface area contributed by atoms with E-state index >= 15 is 0 Å². The van der Waals surface area contributed by atoms with Gasteiger partial charge in [0.2, 0.25) is 0 Å². The number of carboxylic acids is 1. The van der Waals surface area contributed by atoms with Crippen LogP contribution in [-0.4, -0.2) is 44.3 Å². The van der Waals surface area contributed by atoms with Gasteiger partial charge in [0.1, 0.15) is 0 Å². The van der Waals surface area contributed by atoms with Crippen LogP contribution in [0, 0.1) is 12.8 Å². The molecule has 0 saturated carbocycles. The summed E-state index contributed by atoms with van der Waals surface area (Å²) in [6.45, 7) is 4.25. The predicted octanol–water partition coefficient (Wildman–Crippen LogP) is 1.05. The third-order valence-corrected chi connectivity index (χ3v) is 3.95. The number of rotatable bonds is 2. The molecule has 6 heteroatoms. The summed E-state index contributed by atoms with van der Waals surface area (Å²) in [6.07, 6.45) is 2.61. The molecule has 0 aromatic carbocycles. The van der Waals surface area contributed by atoms with Crippen molar-refractivity contribution < 1.29 is 14.7 Å². The molecule has 1 aliphatic rings. The Kier molecular flexibility index (Phi) is 3.59. The Hall–Kier alpha value is -1.85. The number of carbonyl (C=O) groups excluding carboxylic acids is 1. The predicted molar refractivity (Wildman–Crippen MR) is 68.8 cm³/mol. The molecule has 1 saturated heterocycles. The van der Waals surface area contributed by atoms with Crippen molar-refractivity contribution in [2.75, 3.05) is 6.54 Å². The van der Waals surface area contributed by atoms with E-state index in [-0.39, 0.29) is 17.9 Å². The van der Waals surface area contributed by atoms with E-state index in [0.29, 0.717) is 24.9 Å². The number of aryl methyl sites for hydroxylation is 1. The fraction of sp³-hybridized carbons (Fsp3) is 0.615. The molecule has 1 N–H and O–H groups in total. The maximum absolute atomic E-state index is 12.4. The lowest BCUT2D eigenvalue weighted by Crippen LogP contribution is -2.46. The summed E-state index contributed by atoms with van der Waals surface area (Å²) in [5, 5.41) is 13.1. The first-order valence-electron chi connectivity index (χ1n) is 6.44. The lowest BCUT2D eigenvalue weighted by molar-refractivity contribution is -0.143. The molecule has 1 aromatic rings. The fourth-order valence-electron chi connectivity index (χ4n) is 2.56. The lowest BCUT2D eigenvalue weighted by Gasteiger charge is -2.36. The maximum Gasteiger partial charge on any atom is 0.306 e. The zero-order valence-corrected chi connectivity index (χ0v) is 11.5. The van der Waals surface area contributed by atoms with Crippen molar-refractivity contribution in [1.82, 2.24) is 14.7 Å². The molecule has 19 heavy (non-hydrogen) atoms. The minimum atomic E-state index is -0.767. The summed E-state index contributed by atoms with van der Waals surface area (Å²) in [5.41, 5.74) is 1.43. The molecule has 2 rings (SSSR count). The highest BCUT2D eigenvalue weighted by Crippen LogP contribution is 2.25. The zero-order valence-electron chi connectivity index (χ0n) is 11.5. The monoisotopic (exact) mass is 265 g/mol. The van der Waals surface area contributed by atoms with Crippen molar-refractivity contribution in [2.24, 2.45) is 13.0 Å². The molecule has 104 valence electrons. The van der Waals surface area contributed by atoms with Crippen LogP contribution in [0.5, 0.6) is 0 Å². The second-order valence-corrected chi connectivity index (χ2v) is 5.17. The van der Waals surface area contributed by atoms with Crippen LogP contribution in [-0.2, 0) is 11.8 Å². The fourth-order valence-corrected chi connectivity index (χ4v) is 2.56. The molecule has 2 heterocycles. The van der Waals surface area contributed by atoms with E-state index in [1.54, 1.807) is 22.8 Å². The van der Waals surface area contributed by atoms with Crippen LogP contribution in [0.1, 0.15) is 35.8 Å². The average molecular weight is 265 g/mol. The summed E-state index contributed by atoms with van der Waals surface area (Å²) < 4.78 is 1.67. The van der Waals surface area contributed by atoms with Crippen molar-refractivity contribution in [3.8, 4) is 0 Å². The van der Waals surface area contributed by atoms with Crippen LogP contribution in [0.25, 0.3) is 0 Å². The Bertz CT molecular complexity index is 509. The Labute approximate surface area is 112 Å². The standard InChI is InChI=1S/C13H19N3O3/c1-8-6-10(13(18)19)4-5-16(8)12(17)11-7-14-15(3)9(11)2/h7-8,10H,4-6H2,1-3H3,(H,18,19). The van der Waals surface area contributed by atoms with E-state index < -0.39 is 5.97 Å². The number of aromatic nitrogens is 2. The number of aliphatic carboxylic acids is 1. The topological polar surface area (TPSA) is 75.4 Å². The molecule has 6 nitrogen and oxygen atoms in total. The molecular weight excluding hydrogens is 246 g/mol. The molecule has 0 radical (unpaired) electrons. The first-order valence-corrected chi connectivity index (χ1v) is 6.44. The van der Waals surface area contributed by atoms with Gasteiger partial charge in [-0.25, -0.2) is 0 Å². The van der Waals surface area contributed by atoms with E-state index in [1.165, 1.54) is 0 Å². The third-order valence-electron chi connectivity index (χ3n) is 3.95. The molecule has 2 unspecified atom stereocenters. The summed E-state index contributed by atoms with van der Waals surface area (Å²) >= 11 is 0. The normalized spacial score (nSPS) is 23.4. The number of nitrogens with zero attached hydrogens (tertiary/aromatic N) is 3. The van der Waals surface area contributed by atoms with Crippen LogP contribution in [0.15, 0.2) is 6.20 Å². The van der Waals surface area contributed by atoms with Gasteiger partial charge in [-0.2, -0.15) is 5.10 Å². The third kappa shape index (κ3) is 2.47. The Morgan fingerprint density at radius 2 is 2.16 bits per heavy atom. The van der Waals surface area contributed by atoms with Gasteiger partial charge < -0.3 is 10.0 Å². The summed E-state index contributed by atoms with van der Waals surface area (Å²) in [6, 6.07) is -0.0537. The van der Waals surface area contributed by atoms with Gasteiger partial charge in [-0.1, -0.05) is 0 Å². The van der Waals surface area contributed by atoms with Crippen molar-refractivity contribution in [3.63, 3.8) is 0 Å². The maximum atomic E-state index is 12.4. The zero-order chi connectivity index (χ0) is 14.2. The average Bonchev–Trinajstić information content (AvgIpc) is 2.69. The van der Waals surface area contributed by atoms with Gasteiger partial charge in [0.05, 0.1) is 17.7 Å². The van der Waals surface area contributed by atoms with Crippen LogP contribution in [0.2, 0.25) is 0 Å². The van der Waals surface area contributed by atoms with Gasteiger partial charge in [-0.05, 0) is 26.7 Å². The van der Waals surface area contributed by atoms with Crippen molar-refractivity contribution in [3.05, 3.63) is 17.5 Å². The van der Waals surface area contributed by atoms with Gasteiger partial charge >= 0.3 is 5.97 Å². The van der Waals surface area contributed by atoms with E-state index in [2.05, 4.69) is 5.10 Å². The molecule has 1 amide bonds. The van der Waals surface area contributed by atoms with Crippen LogP contribution in [0.4, 0.5) is 0 Å². The van der Waals surface area contributed by atoms with Crippen molar-refractivity contribution >= 4 is 11.9 Å². The van der Waals surface area contributed by atoms with Crippen LogP contribution in [0.3, 0.4) is 0 Å². The quantitative estimate of drug-likeness (QED) is 0.867. The smallest absolute Gasteiger partial charge is 0.306 e. The van der Waals surface area contributed by atoms with Crippen LogP contribution < -0.4 is 0 Å². The van der Waals surface area contributed by atoms with Crippen LogP contribution >= 0.6 is 0 Å². The Morgan fingerprint density at radius 3 is 2.63 bits per heavy atom. The molecule has 1 fully saturated rings. The highest BCUT2D eigenvalue weighted by atomic mass is 16.4. The van der Waals surface area contributed by atoms with E-state index in [4.69, 9.17) is 5.11 Å². The van der Waals surface area contributed by atoms with Gasteiger partial charge in [0, 0.05) is 25.3 Å². The first-order chi connectivity index (χ1) is 8.91. The number of carbonyl (C=O) groups is 2. The van der Waals surface area contributed by atoms with Gasteiger partial charge in [-0.15, -0.1) is 0 Å². The summed E-state index contributed by atoms with van der Waals surface area (Å²) in [5.74, 6) is -1.16. The summed E-state index contributed by atoms with van der Waals surface area (Å²) in [4.78, 5) is 25.2. The molecule has 0 spiro atoms. The van der Waals surface area contributed by atoms with E-state index in [0.717, 1.165) is 5.69 Å². The van der Waals surface area contributed by atoms with Gasteiger partial charge in [0.25, 0.3) is 5.91 Å². The Morgan fingerprint density at radius 1 is 1.47 bits per heavy atom. The number of carboxylic acid groups (broad SMARTS) is 1. The largest absolute Gasteiger partial charge is 0.481 e. The molecule has 1 aromatic heterocycles. The summed E-state index contributed by atoms with van der Waals surface area (Å²) in [7, 11) is 1.80. The molecule has 1 aliphatic heterocycles.